The fourth-order valence-corrected chi connectivity index (χ4v) is 4.41. The Hall–Kier alpha value is -0.900. The Morgan fingerprint density at radius 1 is 1.12 bits per heavy atom. The van der Waals surface area contributed by atoms with Crippen molar-refractivity contribution in [1.82, 2.24) is 10.2 Å². The van der Waals surface area contributed by atoms with Crippen LogP contribution in [-0.2, 0) is 6.61 Å². The fourth-order valence-electron chi connectivity index (χ4n) is 4.41. The number of hydrogen-bond donors (Lipinski definition) is 2. The number of hydrogen-bond acceptors (Lipinski definition) is 3. The predicted molar refractivity (Wildman–Crippen MR) is 99.9 cm³/mol. The Balaban J connectivity index is 1.46. The number of piperidine rings is 1. The molecule has 2 N–H and O–H groups in total. The highest BCUT2D eigenvalue weighted by atomic mass is 16.3. The van der Waals surface area contributed by atoms with Gasteiger partial charge in [0.1, 0.15) is 0 Å². The van der Waals surface area contributed by atoms with E-state index >= 15 is 0 Å². The minimum absolute atomic E-state index is 0.125. The molecule has 0 spiro atoms. The van der Waals surface area contributed by atoms with Crippen LogP contribution in [-0.4, -0.2) is 35.2 Å². The maximum absolute atomic E-state index is 9.31. The van der Waals surface area contributed by atoms with Gasteiger partial charge >= 0.3 is 0 Å². The van der Waals surface area contributed by atoms with Crippen molar-refractivity contribution < 1.29 is 5.11 Å². The third-order valence-corrected chi connectivity index (χ3v) is 6.15. The van der Waals surface area contributed by atoms with Gasteiger partial charge in [-0.3, -0.25) is 0 Å². The van der Waals surface area contributed by atoms with Crippen LogP contribution >= 0.6 is 0 Å². The van der Waals surface area contributed by atoms with Crippen molar-refractivity contribution in [3.05, 3.63) is 35.4 Å². The molecular weight excluding hydrogens is 296 g/mol. The van der Waals surface area contributed by atoms with Crippen LogP contribution in [0.5, 0.6) is 0 Å². The number of nitrogens with one attached hydrogen (secondary N) is 1. The molecule has 2 aliphatic rings. The maximum atomic E-state index is 9.31. The molecule has 2 fully saturated rings. The highest BCUT2D eigenvalue weighted by Crippen LogP contribution is 2.28. The molecule has 1 aliphatic carbocycles. The summed E-state index contributed by atoms with van der Waals surface area (Å²) in [7, 11) is 0. The zero-order chi connectivity index (χ0) is 16.9. The summed E-state index contributed by atoms with van der Waals surface area (Å²) in [6, 6.07) is 10.1. The van der Waals surface area contributed by atoms with Gasteiger partial charge in [-0.2, -0.15) is 0 Å². The summed E-state index contributed by atoms with van der Waals surface area (Å²) in [5.74, 6) is 0.926. The van der Waals surface area contributed by atoms with E-state index in [2.05, 4.69) is 36.2 Å². The first-order chi connectivity index (χ1) is 11.7. The third-order valence-electron chi connectivity index (χ3n) is 6.15. The van der Waals surface area contributed by atoms with Gasteiger partial charge in [0.2, 0.25) is 0 Å². The van der Waals surface area contributed by atoms with Crippen LogP contribution in [0.2, 0.25) is 0 Å². The molecule has 0 radical (unpaired) electrons. The van der Waals surface area contributed by atoms with Crippen LogP contribution in [0.25, 0.3) is 0 Å². The summed E-state index contributed by atoms with van der Waals surface area (Å²) in [4.78, 5) is 2.75. The number of likely N-dealkylation sites (tertiary alicyclic amines) is 1. The van der Waals surface area contributed by atoms with Gasteiger partial charge in [-0.05, 0) is 75.6 Å². The van der Waals surface area contributed by atoms with Gasteiger partial charge in [0.05, 0.1) is 6.61 Å². The molecule has 1 unspecified atom stereocenters. The highest BCUT2D eigenvalue weighted by Gasteiger charge is 2.28. The van der Waals surface area contributed by atoms with Crippen molar-refractivity contribution in [2.24, 2.45) is 5.92 Å². The van der Waals surface area contributed by atoms with E-state index in [9.17, 15) is 5.11 Å². The molecule has 1 saturated heterocycles. The molecule has 3 nitrogen and oxygen atoms in total. The van der Waals surface area contributed by atoms with Crippen molar-refractivity contribution in [2.45, 2.75) is 77.1 Å². The van der Waals surface area contributed by atoms with Crippen LogP contribution in [0.3, 0.4) is 0 Å². The second-order valence-corrected chi connectivity index (χ2v) is 8.02. The Morgan fingerprint density at radius 3 is 2.50 bits per heavy atom. The summed E-state index contributed by atoms with van der Waals surface area (Å²) >= 11 is 0. The van der Waals surface area contributed by atoms with Crippen molar-refractivity contribution in [2.75, 3.05) is 13.1 Å². The van der Waals surface area contributed by atoms with Crippen molar-refractivity contribution in [3.8, 4) is 0 Å². The molecule has 1 atom stereocenters. The zero-order valence-corrected chi connectivity index (χ0v) is 15.4. The first-order valence-electron chi connectivity index (χ1n) is 9.85. The fraction of sp³-hybridized carbons (Fsp3) is 0.714. The molecule has 1 aliphatic heterocycles. The van der Waals surface area contributed by atoms with E-state index in [0.29, 0.717) is 12.1 Å². The number of aliphatic hydroxyl groups is 1. The first-order valence-corrected chi connectivity index (χ1v) is 9.85. The third kappa shape index (κ3) is 4.59. The number of rotatable bonds is 5. The lowest BCUT2D eigenvalue weighted by Crippen LogP contribution is -2.45. The standard InChI is InChI=1S/C21H34N2O/c1-16-10-12-23(13-11-16)21-8-6-20(7-9-21)22-17(2)19-5-3-4-18(14-19)15-24/h3-5,14,16-17,20-22,24H,6-13,15H2,1-2H3. The number of nitrogens with zero attached hydrogens (tertiary/aromatic N) is 1. The minimum Gasteiger partial charge on any atom is -0.392 e. The van der Waals surface area contributed by atoms with Crippen molar-refractivity contribution in [3.63, 3.8) is 0 Å². The molecule has 1 saturated carbocycles. The molecule has 0 bridgehead atoms. The Labute approximate surface area is 147 Å². The highest BCUT2D eigenvalue weighted by molar-refractivity contribution is 5.25. The topological polar surface area (TPSA) is 35.5 Å². The van der Waals surface area contributed by atoms with Gasteiger partial charge in [0.25, 0.3) is 0 Å². The van der Waals surface area contributed by atoms with E-state index < -0.39 is 0 Å². The van der Waals surface area contributed by atoms with E-state index in [0.717, 1.165) is 17.5 Å². The molecule has 3 rings (SSSR count). The number of benzene rings is 1. The van der Waals surface area contributed by atoms with E-state index in [1.54, 1.807) is 0 Å². The molecule has 3 heteroatoms. The van der Waals surface area contributed by atoms with E-state index in [1.165, 1.54) is 57.2 Å². The predicted octanol–water partition coefficient (Wildman–Crippen LogP) is 3.87. The molecule has 24 heavy (non-hydrogen) atoms. The molecule has 1 heterocycles. The van der Waals surface area contributed by atoms with Crippen molar-refractivity contribution in [1.29, 1.82) is 0 Å². The Kier molecular flexibility index (Phi) is 6.31. The largest absolute Gasteiger partial charge is 0.392 e. The quantitative estimate of drug-likeness (QED) is 0.860. The Morgan fingerprint density at radius 2 is 1.83 bits per heavy atom. The summed E-state index contributed by atoms with van der Waals surface area (Å²) in [6.07, 6.45) is 8.04. The summed E-state index contributed by atoms with van der Waals surface area (Å²) < 4.78 is 0. The Bertz CT molecular complexity index is 502. The van der Waals surface area contributed by atoms with Gasteiger partial charge in [-0.1, -0.05) is 31.2 Å². The SMILES string of the molecule is CC1CCN(C2CCC(NC(C)c3cccc(CO)c3)CC2)CC1. The van der Waals surface area contributed by atoms with Gasteiger partial charge in [0, 0.05) is 18.1 Å². The second kappa shape index (κ2) is 8.46. The van der Waals surface area contributed by atoms with Crippen LogP contribution in [0.1, 0.15) is 69.5 Å². The average molecular weight is 331 g/mol. The molecule has 0 amide bonds. The van der Waals surface area contributed by atoms with Crippen molar-refractivity contribution >= 4 is 0 Å². The van der Waals surface area contributed by atoms with E-state index in [-0.39, 0.29) is 6.61 Å². The molecular formula is C21H34N2O. The minimum atomic E-state index is 0.125. The van der Waals surface area contributed by atoms with Crippen LogP contribution < -0.4 is 5.32 Å². The number of aliphatic hydroxyl groups excluding tert-OH is 1. The lowest BCUT2D eigenvalue weighted by Gasteiger charge is -2.41. The summed E-state index contributed by atoms with van der Waals surface area (Å²) in [5.41, 5.74) is 2.29. The van der Waals surface area contributed by atoms with Crippen LogP contribution in [0, 0.1) is 5.92 Å². The normalized spacial score (nSPS) is 28.0. The zero-order valence-electron chi connectivity index (χ0n) is 15.4. The summed E-state index contributed by atoms with van der Waals surface area (Å²) in [6.45, 7) is 7.39. The molecule has 1 aromatic carbocycles. The maximum Gasteiger partial charge on any atom is 0.0681 e. The summed E-state index contributed by atoms with van der Waals surface area (Å²) in [5, 5.41) is 13.1. The molecule has 134 valence electrons. The lowest BCUT2D eigenvalue weighted by molar-refractivity contribution is 0.102. The lowest BCUT2D eigenvalue weighted by atomic mass is 9.87. The monoisotopic (exact) mass is 330 g/mol. The smallest absolute Gasteiger partial charge is 0.0681 e. The molecule has 1 aromatic rings. The van der Waals surface area contributed by atoms with E-state index in [1.807, 2.05) is 12.1 Å². The van der Waals surface area contributed by atoms with Crippen LogP contribution in [0.4, 0.5) is 0 Å². The first kappa shape index (κ1) is 17.9. The average Bonchev–Trinajstić information content (AvgIpc) is 2.63. The van der Waals surface area contributed by atoms with Gasteiger partial charge in [-0.25, -0.2) is 0 Å². The van der Waals surface area contributed by atoms with Gasteiger partial charge < -0.3 is 15.3 Å². The van der Waals surface area contributed by atoms with E-state index in [4.69, 9.17) is 0 Å². The van der Waals surface area contributed by atoms with Gasteiger partial charge in [-0.15, -0.1) is 0 Å². The van der Waals surface area contributed by atoms with Gasteiger partial charge in [0.15, 0.2) is 0 Å². The van der Waals surface area contributed by atoms with Crippen LogP contribution in [0.15, 0.2) is 24.3 Å². The molecule has 0 aromatic heterocycles. The second-order valence-electron chi connectivity index (χ2n) is 8.02.